The summed E-state index contributed by atoms with van der Waals surface area (Å²) in [5.74, 6) is -1.01. The Morgan fingerprint density at radius 2 is 1.91 bits per heavy atom. The summed E-state index contributed by atoms with van der Waals surface area (Å²) >= 11 is 0. The summed E-state index contributed by atoms with van der Waals surface area (Å²) in [5.41, 5.74) is 2.55. The van der Waals surface area contributed by atoms with E-state index in [4.69, 9.17) is 4.74 Å². The summed E-state index contributed by atoms with van der Waals surface area (Å²) in [6.07, 6.45) is 1.84. The van der Waals surface area contributed by atoms with Crippen molar-refractivity contribution in [2.45, 2.75) is 13.0 Å². The molecule has 3 amide bonds. The van der Waals surface area contributed by atoms with Crippen LogP contribution in [0.5, 0.6) is 0 Å². The lowest BCUT2D eigenvalue weighted by Gasteiger charge is -2.29. The van der Waals surface area contributed by atoms with Crippen molar-refractivity contribution < 1.29 is 19.1 Å². The lowest BCUT2D eigenvalue weighted by atomic mass is 10.1. The molecule has 33 heavy (non-hydrogen) atoms. The summed E-state index contributed by atoms with van der Waals surface area (Å²) < 4.78 is 5.37. The van der Waals surface area contributed by atoms with Gasteiger partial charge in [-0.15, -0.1) is 0 Å². The molecule has 3 heterocycles. The third kappa shape index (κ3) is 5.87. The second kappa shape index (κ2) is 10.4. The molecular formula is C24H29N5O4. The van der Waals surface area contributed by atoms with E-state index in [9.17, 15) is 14.4 Å². The highest BCUT2D eigenvalue weighted by Gasteiger charge is 2.36. The highest BCUT2D eigenvalue weighted by molar-refractivity contribution is 5.96. The van der Waals surface area contributed by atoms with Crippen LogP contribution in [0.4, 0.5) is 11.4 Å². The number of ether oxygens (including phenoxy) is 1. The molecule has 4 rings (SSSR count). The SMILES string of the molecule is CN(CC(=O)Nc1ccc(N2CCOCC2)cc1)C(=O)C1CC(=O)N(Cc2ccccn2)C1. The van der Waals surface area contributed by atoms with Gasteiger partial charge in [0.15, 0.2) is 0 Å². The number of carbonyl (C=O) groups is 3. The van der Waals surface area contributed by atoms with Crippen molar-refractivity contribution in [2.75, 3.05) is 56.7 Å². The lowest BCUT2D eigenvalue weighted by Crippen LogP contribution is -2.39. The first-order valence-electron chi connectivity index (χ1n) is 11.1. The van der Waals surface area contributed by atoms with Gasteiger partial charge in [0.1, 0.15) is 0 Å². The fourth-order valence-electron chi connectivity index (χ4n) is 4.16. The number of hydrogen-bond donors (Lipinski definition) is 1. The minimum Gasteiger partial charge on any atom is -0.378 e. The van der Waals surface area contributed by atoms with Crippen molar-refractivity contribution in [3.8, 4) is 0 Å². The van der Waals surface area contributed by atoms with Crippen LogP contribution in [0.2, 0.25) is 0 Å². The van der Waals surface area contributed by atoms with Gasteiger partial charge in [-0.1, -0.05) is 6.07 Å². The molecule has 2 saturated heterocycles. The third-order valence-corrected chi connectivity index (χ3v) is 5.93. The standard InChI is InChI=1S/C24H29N5O4/c1-27(24(32)18-14-23(31)29(15-18)16-20-4-2-3-9-25-20)17-22(30)26-19-5-7-21(8-6-19)28-10-12-33-13-11-28/h2-9,18H,10-17H2,1H3,(H,26,30). The lowest BCUT2D eigenvalue weighted by molar-refractivity contribution is -0.137. The number of likely N-dealkylation sites (tertiary alicyclic amines) is 1. The van der Waals surface area contributed by atoms with Gasteiger partial charge in [-0.3, -0.25) is 19.4 Å². The molecule has 2 aliphatic heterocycles. The summed E-state index contributed by atoms with van der Waals surface area (Å²) in [4.78, 5) is 47.2. The topological polar surface area (TPSA) is 95.1 Å². The van der Waals surface area contributed by atoms with Gasteiger partial charge in [-0.05, 0) is 36.4 Å². The number of rotatable bonds is 7. The quantitative estimate of drug-likeness (QED) is 0.683. The van der Waals surface area contributed by atoms with Gasteiger partial charge in [0.05, 0.1) is 37.9 Å². The molecule has 1 unspecified atom stereocenters. The molecule has 9 nitrogen and oxygen atoms in total. The van der Waals surface area contributed by atoms with E-state index in [0.717, 1.165) is 24.5 Å². The Balaban J connectivity index is 1.26. The van der Waals surface area contributed by atoms with Gasteiger partial charge < -0.3 is 24.8 Å². The molecule has 0 radical (unpaired) electrons. The summed E-state index contributed by atoms with van der Waals surface area (Å²) in [6.45, 7) is 3.77. The number of hydrogen-bond acceptors (Lipinski definition) is 6. The maximum atomic E-state index is 12.8. The van der Waals surface area contributed by atoms with E-state index >= 15 is 0 Å². The molecule has 0 bridgehead atoms. The predicted octanol–water partition coefficient (Wildman–Crippen LogP) is 1.36. The predicted molar refractivity (Wildman–Crippen MR) is 124 cm³/mol. The van der Waals surface area contributed by atoms with E-state index in [1.165, 1.54) is 4.90 Å². The van der Waals surface area contributed by atoms with Gasteiger partial charge in [-0.25, -0.2) is 0 Å². The number of nitrogens with one attached hydrogen (secondary N) is 1. The van der Waals surface area contributed by atoms with Crippen LogP contribution < -0.4 is 10.2 Å². The number of likely N-dealkylation sites (N-methyl/N-ethyl adjacent to an activating group) is 1. The van der Waals surface area contributed by atoms with Crippen LogP contribution in [-0.4, -0.2) is 78.9 Å². The third-order valence-electron chi connectivity index (χ3n) is 5.93. The Morgan fingerprint density at radius 1 is 1.15 bits per heavy atom. The van der Waals surface area contributed by atoms with Crippen LogP contribution in [0, 0.1) is 5.92 Å². The molecule has 0 saturated carbocycles. The summed E-state index contributed by atoms with van der Waals surface area (Å²) in [6, 6.07) is 13.2. The summed E-state index contributed by atoms with van der Waals surface area (Å²) in [7, 11) is 1.59. The number of aromatic nitrogens is 1. The number of benzene rings is 1. The molecule has 174 valence electrons. The Hall–Kier alpha value is -3.46. The smallest absolute Gasteiger partial charge is 0.243 e. The van der Waals surface area contributed by atoms with Crippen molar-refractivity contribution in [2.24, 2.45) is 5.92 Å². The van der Waals surface area contributed by atoms with E-state index in [1.807, 2.05) is 42.5 Å². The van der Waals surface area contributed by atoms with Gasteiger partial charge in [-0.2, -0.15) is 0 Å². The maximum Gasteiger partial charge on any atom is 0.243 e. The number of anilines is 2. The first kappa shape index (κ1) is 22.7. The maximum absolute atomic E-state index is 12.8. The average Bonchev–Trinajstić information content (AvgIpc) is 3.20. The molecule has 2 aliphatic rings. The first-order valence-corrected chi connectivity index (χ1v) is 11.1. The van der Waals surface area contributed by atoms with Crippen molar-refractivity contribution in [3.63, 3.8) is 0 Å². The van der Waals surface area contributed by atoms with Crippen LogP contribution >= 0.6 is 0 Å². The highest BCUT2D eigenvalue weighted by Crippen LogP contribution is 2.22. The Labute approximate surface area is 193 Å². The van der Waals surface area contributed by atoms with Crippen LogP contribution in [0.1, 0.15) is 12.1 Å². The minimum absolute atomic E-state index is 0.0720. The largest absolute Gasteiger partial charge is 0.378 e. The first-order chi connectivity index (χ1) is 16.0. The van der Waals surface area contributed by atoms with Crippen molar-refractivity contribution >= 4 is 29.1 Å². The number of amides is 3. The van der Waals surface area contributed by atoms with Crippen LogP contribution in [0.15, 0.2) is 48.7 Å². The van der Waals surface area contributed by atoms with Gasteiger partial charge in [0.25, 0.3) is 0 Å². The van der Waals surface area contributed by atoms with E-state index in [1.54, 1.807) is 18.1 Å². The van der Waals surface area contributed by atoms with Gasteiger partial charge >= 0.3 is 0 Å². The zero-order valence-electron chi connectivity index (χ0n) is 18.8. The van der Waals surface area contributed by atoms with E-state index < -0.39 is 5.92 Å². The fraction of sp³-hybridized carbons (Fsp3) is 0.417. The fourth-order valence-corrected chi connectivity index (χ4v) is 4.16. The molecular weight excluding hydrogens is 422 g/mol. The van der Waals surface area contributed by atoms with Crippen LogP contribution in [0.3, 0.4) is 0 Å². The Kier molecular flexibility index (Phi) is 7.19. The molecule has 2 aromatic rings. The molecule has 2 fully saturated rings. The van der Waals surface area contributed by atoms with Gasteiger partial charge in [0, 0.05) is 50.7 Å². The molecule has 0 aliphatic carbocycles. The zero-order valence-corrected chi connectivity index (χ0v) is 18.8. The normalized spacial score (nSPS) is 18.3. The van der Waals surface area contributed by atoms with Gasteiger partial charge in [0.2, 0.25) is 17.7 Å². The average molecular weight is 452 g/mol. The molecule has 9 heteroatoms. The second-order valence-corrected chi connectivity index (χ2v) is 8.39. The Morgan fingerprint density at radius 3 is 2.61 bits per heavy atom. The molecule has 1 aromatic heterocycles. The zero-order chi connectivity index (χ0) is 23.2. The van der Waals surface area contributed by atoms with Crippen molar-refractivity contribution in [1.82, 2.24) is 14.8 Å². The molecule has 1 N–H and O–H groups in total. The van der Waals surface area contributed by atoms with Crippen LogP contribution in [0.25, 0.3) is 0 Å². The van der Waals surface area contributed by atoms with E-state index in [2.05, 4.69) is 15.2 Å². The number of pyridine rings is 1. The monoisotopic (exact) mass is 451 g/mol. The molecule has 1 aromatic carbocycles. The minimum atomic E-state index is -0.452. The van der Waals surface area contributed by atoms with Crippen molar-refractivity contribution in [3.05, 3.63) is 54.4 Å². The number of morpholine rings is 1. The van der Waals surface area contributed by atoms with Crippen molar-refractivity contribution in [1.29, 1.82) is 0 Å². The number of nitrogens with zero attached hydrogens (tertiary/aromatic N) is 4. The van der Waals surface area contributed by atoms with Crippen LogP contribution in [-0.2, 0) is 25.7 Å². The second-order valence-electron chi connectivity index (χ2n) is 8.39. The highest BCUT2D eigenvalue weighted by atomic mass is 16.5. The molecule has 1 atom stereocenters. The van der Waals surface area contributed by atoms with E-state index in [-0.39, 0.29) is 30.7 Å². The molecule has 0 spiro atoms. The Bertz CT molecular complexity index is 976. The van der Waals surface area contributed by atoms with E-state index in [0.29, 0.717) is 32.0 Å². The number of carbonyl (C=O) groups excluding carboxylic acids is 3. The summed E-state index contributed by atoms with van der Waals surface area (Å²) in [5, 5.41) is 2.84.